The maximum Gasteiger partial charge on any atom is 0.410 e. The highest BCUT2D eigenvalue weighted by Gasteiger charge is 2.51. The summed E-state index contributed by atoms with van der Waals surface area (Å²) in [6, 6.07) is 16.2. The second-order valence-corrected chi connectivity index (χ2v) is 10.5. The molecule has 9 heteroatoms. The lowest BCUT2D eigenvalue weighted by molar-refractivity contribution is 0.0412. The molecule has 0 bridgehead atoms. The number of methoxy groups -OCH3 is 1. The molecule has 3 heterocycles. The Morgan fingerprint density at radius 3 is 2.43 bits per heavy atom. The van der Waals surface area contributed by atoms with Gasteiger partial charge in [-0.1, -0.05) is 24.3 Å². The maximum absolute atomic E-state index is 13.9. The molecular formula is C28H37N5O4. The van der Waals surface area contributed by atoms with E-state index in [2.05, 4.69) is 35.1 Å². The van der Waals surface area contributed by atoms with E-state index in [0.29, 0.717) is 44.9 Å². The topological polar surface area (TPSA) is 86.4 Å². The first kappa shape index (κ1) is 25.4. The third-order valence-corrected chi connectivity index (χ3v) is 7.75. The first-order valence-electron chi connectivity index (χ1n) is 13.1. The third-order valence-electron chi connectivity index (χ3n) is 7.75. The van der Waals surface area contributed by atoms with Gasteiger partial charge in [0.15, 0.2) is 0 Å². The van der Waals surface area contributed by atoms with Gasteiger partial charge in [-0.2, -0.15) is 0 Å². The van der Waals surface area contributed by atoms with Gasteiger partial charge >= 0.3 is 12.1 Å². The Morgan fingerprint density at radius 1 is 1.08 bits per heavy atom. The Balaban J connectivity index is 1.39. The van der Waals surface area contributed by atoms with Crippen LogP contribution in [0.3, 0.4) is 0 Å². The molecule has 3 aliphatic rings. The minimum absolute atomic E-state index is 0.00187. The highest BCUT2D eigenvalue weighted by atomic mass is 16.6. The van der Waals surface area contributed by atoms with Crippen LogP contribution in [0.2, 0.25) is 0 Å². The smallest absolute Gasteiger partial charge is 0.410 e. The average molecular weight is 508 g/mol. The molecule has 9 nitrogen and oxygen atoms in total. The lowest BCUT2D eigenvalue weighted by Crippen LogP contribution is -2.55. The van der Waals surface area contributed by atoms with Gasteiger partial charge in [-0.15, -0.1) is 0 Å². The number of carbonyl (C=O) groups is 2. The lowest BCUT2D eigenvalue weighted by atomic mass is 9.86. The summed E-state index contributed by atoms with van der Waals surface area (Å²) < 4.78 is 10.8. The second kappa shape index (κ2) is 10.6. The van der Waals surface area contributed by atoms with Crippen LogP contribution in [0.1, 0.15) is 43.7 Å². The number of anilines is 1. The normalized spacial score (nSPS) is 19.8. The van der Waals surface area contributed by atoms with E-state index in [1.54, 1.807) is 12.0 Å². The summed E-state index contributed by atoms with van der Waals surface area (Å²) in [4.78, 5) is 32.1. The fourth-order valence-corrected chi connectivity index (χ4v) is 5.62. The van der Waals surface area contributed by atoms with E-state index in [-0.39, 0.29) is 23.8 Å². The zero-order chi connectivity index (χ0) is 26.0. The van der Waals surface area contributed by atoms with Crippen LogP contribution in [0.5, 0.6) is 5.75 Å². The van der Waals surface area contributed by atoms with Crippen LogP contribution in [0.15, 0.2) is 48.5 Å². The predicted octanol–water partition coefficient (Wildman–Crippen LogP) is 3.71. The van der Waals surface area contributed by atoms with Crippen LogP contribution < -0.4 is 20.5 Å². The Hall–Kier alpha value is -3.30. The molecule has 0 unspecified atom stereocenters. The first-order valence-corrected chi connectivity index (χ1v) is 13.1. The highest BCUT2D eigenvalue weighted by molar-refractivity contribution is 5.95. The van der Waals surface area contributed by atoms with Crippen molar-refractivity contribution in [3.8, 4) is 5.75 Å². The van der Waals surface area contributed by atoms with Crippen LogP contribution in [0.25, 0.3) is 0 Å². The van der Waals surface area contributed by atoms with Gasteiger partial charge in [-0.3, -0.25) is 15.8 Å². The van der Waals surface area contributed by atoms with Crippen LogP contribution >= 0.6 is 0 Å². The number of hydrogen-bond acceptors (Lipinski definition) is 6. The average Bonchev–Trinajstić information content (AvgIpc) is 3.53. The first-order chi connectivity index (χ1) is 17.9. The maximum atomic E-state index is 13.9. The molecule has 0 atom stereocenters. The summed E-state index contributed by atoms with van der Waals surface area (Å²) >= 11 is 0. The van der Waals surface area contributed by atoms with E-state index in [0.717, 1.165) is 30.1 Å². The molecule has 0 radical (unpaired) electrons. The number of hydrazine groups is 1. The van der Waals surface area contributed by atoms with Crippen molar-refractivity contribution in [1.82, 2.24) is 20.7 Å². The van der Waals surface area contributed by atoms with Crippen molar-refractivity contribution in [2.75, 3.05) is 44.7 Å². The summed E-state index contributed by atoms with van der Waals surface area (Å²) in [5.74, 6) is 1.20. The number of nitrogens with zero attached hydrogens (tertiary/aromatic N) is 3. The summed E-state index contributed by atoms with van der Waals surface area (Å²) in [6.07, 6.45) is 0.959. The zero-order valence-corrected chi connectivity index (χ0v) is 21.9. The minimum atomic E-state index is -0.368. The quantitative estimate of drug-likeness (QED) is 0.620. The lowest BCUT2D eigenvalue weighted by Gasteiger charge is -2.43. The third kappa shape index (κ3) is 5.24. The molecule has 3 fully saturated rings. The molecule has 0 aliphatic carbocycles. The highest BCUT2D eigenvalue weighted by Crippen LogP contribution is 2.40. The Labute approximate surface area is 218 Å². The number of piperidine rings is 1. The van der Waals surface area contributed by atoms with Gasteiger partial charge in [-0.25, -0.2) is 9.59 Å². The van der Waals surface area contributed by atoms with Crippen LogP contribution in [0, 0.1) is 0 Å². The van der Waals surface area contributed by atoms with E-state index in [1.165, 1.54) is 5.56 Å². The molecule has 1 spiro atoms. The van der Waals surface area contributed by atoms with Gasteiger partial charge in [0.25, 0.3) is 0 Å². The van der Waals surface area contributed by atoms with Gasteiger partial charge in [0.05, 0.1) is 25.3 Å². The van der Waals surface area contributed by atoms with Gasteiger partial charge in [0, 0.05) is 44.3 Å². The van der Waals surface area contributed by atoms with Gasteiger partial charge < -0.3 is 19.3 Å². The number of ether oxygens (including phenoxy) is 2. The van der Waals surface area contributed by atoms with Crippen molar-refractivity contribution in [3.05, 3.63) is 59.7 Å². The monoisotopic (exact) mass is 507 g/mol. The number of likely N-dealkylation sites (tertiary alicyclic amines) is 1. The van der Waals surface area contributed by atoms with E-state index in [9.17, 15) is 9.59 Å². The molecule has 0 aromatic heterocycles. The van der Waals surface area contributed by atoms with Crippen molar-refractivity contribution in [1.29, 1.82) is 0 Å². The Morgan fingerprint density at radius 2 is 1.78 bits per heavy atom. The second-order valence-electron chi connectivity index (χ2n) is 10.5. The van der Waals surface area contributed by atoms with Gasteiger partial charge in [-0.05, 0) is 62.1 Å². The minimum Gasteiger partial charge on any atom is -0.497 e. The molecular weight excluding hydrogens is 470 g/mol. The van der Waals surface area contributed by atoms with Crippen molar-refractivity contribution in [2.24, 2.45) is 0 Å². The largest absolute Gasteiger partial charge is 0.497 e. The number of carbonyl (C=O) groups excluding carboxylic acids is 2. The predicted molar refractivity (Wildman–Crippen MR) is 142 cm³/mol. The molecule has 2 aromatic rings. The van der Waals surface area contributed by atoms with E-state index in [4.69, 9.17) is 9.47 Å². The van der Waals surface area contributed by atoms with Crippen molar-refractivity contribution >= 4 is 17.8 Å². The number of rotatable bonds is 6. The summed E-state index contributed by atoms with van der Waals surface area (Å²) in [5, 5.41) is 0. The SMILES string of the molecule is COc1cccc(CN2C(=O)N(c3ccc(C4CNNC4)cc3)CC23CCN(C(=O)OC(C)C)CC3)c1. The van der Waals surface area contributed by atoms with Crippen molar-refractivity contribution in [2.45, 2.75) is 50.8 Å². The van der Waals surface area contributed by atoms with Crippen molar-refractivity contribution in [3.63, 3.8) is 0 Å². The number of amides is 3. The molecule has 2 N–H and O–H groups in total. The van der Waals surface area contributed by atoms with E-state index in [1.807, 2.05) is 47.9 Å². The van der Waals surface area contributed by atoms with E-state index < -0.39 is 0 Å². The number of benzene rings is 2. The summed E-state index contributed by atoms with van der Waals surface area (Å²) in [7, 11) is 1.65. The molecule has 3 saturated heterocycles. The molecule has 198 valence electrons. The molecule has 37 heavy (non-hydrogen) atoms. The standard InChI is InChI=1S/C28H37N5O4/c1-20(2)37-27(35)31-13-11-28(12-14-31)19-32(24-9-7-22(8-10-24)23-16-29-30-17-23)26(34)33(28)18-21-5-4-6-25(15-21)36-3/h4-10,15,20,23,29-30H,11-14,16-19H2,1-3H3. The van der Waals surface area contributed by atoms with Crippen LogP contribution in [0.4, 0.5) is 15.3 Å². The Bertz CT molecular complexity index is 1110. The number of hydrogen-bond donors (Lipinski definition) is 2. The Kier molecular flexibility index (Phi) is 7.26. The molecule has 3 amide bonds. The fourth-order valence-electron chi connectivity index (χ4n) is 5.62. The van der Waals surface area contributed by atoms with Crippen LogP contribution in [-0.4, -0.2) is 73.4 Å². The molecule has 2 aromatic carbocycles. The van der Waals surface area contributed by atoms with E-state index >= 15 is 0 Å². The number of nitrogens with one attached hydrogen (secondary N) is 2. The zero-order valence-electron chi connectivity index (χ0n) is 21.9. The number of urea groups is 1. The molecule has 5 rings (SSSR count). The fraction of sp³-hybridized carbons (Fsp3) is 0.500. The molecule has 0 saturated carbocycles. The van der Waals surface area contributed by atoms with Crippen LogP contribution in [-0.2, 0) is 11.3 Å². The van der Waals surface area contributed by atoms with Crippen molar-refractivity contribution < 1.29 is 19.1 Å². The van der Waals surface area contributed by atoms with Gasteiger partial charge in [0.1, 0.15) is 5.75 Å². The van der Waals surface area contributed by atoms with Gasteiger partial charge in [0.2, 0.25) is 0 Å². The molecule has 3 aliphatic heterocycles. The summed E-state index contributed by atoms with van der Waals surface area (Å²) in [6.45, 7) is 7.71. The summed E-state index contributed by atoms with van der Waals surface area (Å²) in [5.41, 5.74) is 9.17.